The molecule has 2 atom stereocenters. The van der Waals surface area contributed by atoms with Crippen LogP contribution in [0.4, 0.5) is 0 Å². The predicted octanol–water partition coefficient (Wildman–Crippen LogP) is 15.8. The molecule has 0 aromatic rings. The van der Waals surface area contributed by atoms with Crippen LogP contribution >= 0.6 is 7.82 Å². The molecule has 0 heterocycles. The second kappa shape index (κ2) is 48.9. The third-order valence-electron chi connectivity index (χ3n) is 11.1. The van der Waals surface area contributed by atoms with Gasteiger partial charge in [0.15, 0.2) is 6.10 Å². The van der Waals surface area contributed by atoms with E-state index >= 15 is 0 Å². The lowest BCUT2D eigenvalue weighted by atomic mass is 10.0. The quantitative estimate of drug-likeness (QED) is 0.0195. The van der Waals surface area contributed by atoms with E-state index < -0.39 is 32.5 Å². The number of rotatable bonds is 48. The number of allylic oxidation sites excluding steroid dienone is 16. The second-order valence-corrected chi connectivity index (χ2v) is 20.3. The van der Waals surface area contributed by atoms with Crippen molar-refractivity contribution >= 4 is 19.8 Å². The molecule has 0 N–H and O–H groups in total. The molecule has 68 heavy (non-hydrogen) atoms. The Morgan fingerprint density at radius 2 is 0.838 bits per heavy atom. The predicted molar refractivity (Wildman–Crippen MR) is 286 cm³/mol. The molecule has 0 aliphatic rings. The third-order valence-corrected chi connectivity index (χ3v) is 12.1. The minimum atomic E-state index is -4.63. The fourth-order valence-corrected chi connectivity index (χ4v) is 7.69. The smallest absolute Gasteiger partial charge is 0.306 e. The highest BCUT2D eigenvalue weighted by molar-refractivity contribution is 7.45. The topological polar surface area (TPSA) is 111 Å². The fraction of sp³-hybridized carbons (Fsp3) is 0.690. The molecular formula is C58H100NO8P. The average Bonchev–Trinajstić information content (AvgIpc) is 3.30. The molecular weight excluding hydrogens is 870 g/mol. The van der Waals surface area contributed by atoms with Crippen molar-refractivity contribution in [1.29, 1.82) is 0 Å². The van der Waals surface area contributed by atoms with Crippen LogP contribution in [0.1, 0.15) is 206 Å². The van der Waals surface area contributed by atoms with Crippen LogP contribution in [0.3, 0.4) is 0 Å². The van der Waals surface area contributed by atoms with E-state index in [1.165, 1.54) is 77.0 Å². The van der Waals surface area contributed by atoms with Crippen LogP contribution in [-0.4, -0.2) is 70.0 Å². The SMILES string of the molecule is CC/C=C\C/C=C\C/C=C\C/C=C\C/C=C\C/C=C\C/C=C\C/C=C\CCCCCCCCCCCCCCC(=O)OC(COC(=O)CCCCCCCCC)COP(=O)([O-])OCC[N+](C)(C)C. The number of phosphoric ester groups is 1. The molecule has 0 saturated heterocycles. The first kappa shape index (κ1) is 64.9. The van der Waals surface area contributed by atoms with Gasteiger partial charge in [0.05, 0.1) is 27.7 Å². The summed E-state index contributed by atoms with van der Waals surface area (Å²) in [5.41, 5.74) is 0. The minimum Gasteiger partial charge on any atom is -0.756 e. The number of nitrogens with zero attached hydrogens (tertiary/aromatic N) is 1. The Kier molecular flexibility index (Phi) is 46.7. The van der Waals surface area contributed by atoms with Gasteiger partial charge in [-0.25, -0.2) is 0 Å². The van der Waals surface area contributed by atoms with Crippen molar-refractivity contribution < 1.29 is 42.1 Å². The number of ether oxygens (including phenoxy) is 2. The summed E-state index contributed by atoms with van der Waals surface area (Å²) < 4.78 is 33.9. The Labute approximate surface area is 417 Å². The monoisotopic (exact) mass is 970 g/mol. The number of hydrogen-bond acceptors (Lipinski definition) is 8. The summed E-state index contributed by atoms with van der Waals surface area (Å²) in [7, 11) is 1.16. The third kappa shape index (κ3) is 52.3. The minimum absolute atomic E-state index is 0.0338. The van der Waals surface area contributed by atoms with Gasteiger partial charge in [0.25, 0.3) is 7.82 Å². The number of hydrogen-bond donors (Lipinski definition) is 0. The summed E-state index contributed by atoms with van der Waals surface area (Å²) in [6.45, 7) is 4.05. The van der Waals surface area contributed by atoms with E-state index in [9.17, 15) is 19.0 Å². The van der Waals surface area contributed by atoms with Crippen molar-refractivity contribution in [2.45, 2.75) is 213 Å². The molecule has 0 rings (SSSR count). The molecule has 0 radical (unpaired) electrons. The van der Waals surface area contributed by atoms with E-state index in [0.717, 1.165) is 96.3 Å². The zero-order valence-electron chi connectivity index (χ0n) is 44.0. The van der Waals surface area contributed by atoms with Gasteiger partial charge < -0.3 is 27.9 Å². The molecule has 2 unspecified atom stereocenters. The highest BCUT2D eigenvalue weighted by Gasteiger charge is 2.21. The van der Waals surface area contributed by atoms with Gasteiger partial charge in [0.1, 0.15) is 19.8 Å². The number of phosphoric acid groups is 1. The van der Waals surface area contributed by atoms with Gasteiger partial charge in [-0.2, -0.15) is 0 Å². The fourth-order valence-electron chi connectivity index (χ4n) is 6.96. The van der Waals surface area contributed by atoms with E-state index in [1.807, 2.05) is 21.1 Å². The second-order valence-electron chi connectivity index (χ2n) is 18.9. The van der Waals surface area contributed by atoms with Crippen LogP contribution in [0.5, 0.6) is 0 Å². The maximum atomic E-state index is 12.7. The van der Waals surface area contributed by atoms with Crippen molar-refractivity contribution in [2.24, 2.45) is 0 Å². The van der Waals surface area contributed by atoms with Gasteiger partial charge in [-0.15, -0.1) is 0 Å². The van der Waals surface area contributed by atoms with E-state index in [4.69, 9.17) is 18.5 Å². The first-order valence-electron chi connectivity index (χ1n) is 26.9. The van der Waals surface area contributed by atoms with Crippen LogP contribution < -0.4 is 4.89 Å². The van der Waals surface area contributed by atoms with E-state index in [2.05, 4.69) is 111 Å². The molecule has 0 bridgehead atoms. The lowest BCUT2D eigenvalue weighted by Crippen LogP contribution is -2.37. The van der Waals surface area contributed by atoms with Gasteiger partial charge in [-0.05, 0) is 77.0 Å². The van der Waals surface area contributed by atoms with Gasteiger partial charge in [-0.3, -0.25) is 14.2 Å². The molecule has 0 aliphatic carbocycles. The summed E-state index contributed by atoms with van der Waals surface area (Å²) in [6.07, 6.45) is 66.3. The van der Waals surface area contributed by atoms with Gasteiger partial charge in [0.2, 0.25) is 0 Å². The van der Waals surface area contributed by atoms with Crippen LogP contribution in [0.2, 0.25) is 0 Å². The lowest BCUT2D eigenvalue weighted by molar-refractivity contribution is -0.870. The summed E-state index contributed by atoms with van der Waals surface area (Å²) in [5.74, 6) is -0.846. The zero-order chi connectivity index (χ0) is 49.9. The van der Waals surface area contributed by atoms with Gasteiger partial charge in [-0.1, -0.05) is 214 Å². The Morgan fingerprint density at radius 3 is 1.25 bits per heavy atom. The van der Waals surface area contributed by atoms with Crippen molar-refractivity contribution in [3.05, 3.63) is 97.2 Å². The van der Waals surface area contributed by atoms with Gasteiger partial charge >= 0.3 is 11.9 Å². The number of carbonyl (C=O) groups excluding carboxylic acids is 2. The first-order chi connectivity index (χ1) is 33.0. The molecule has 0 aromatic carbocycles. The summed E-state index contributed by atoms with van der Waals surface area (Å²) in [6, 6.07) is 0. The van der Waals surface area contributed by atoms with Crippen molar-refractivity contribution in [3.8, 4) is 0 Å². The highest BCUT2D eigenvalue weighted by Crippen LogP contribution is 2.38. The zero-order valence-corrected chi connectivity index (χ0v) is 44.9. The Balaban J connectivity index is 3.98. The number of quaternary nitrogens is 1. The first-order valence-corrected chi connectivity index (χ1v) is 28.4. The maximum absolute atomic E-state index is 12.7. The average molecular weight is 970 g/mol. The molecule has 0 aliphatic heterocycles. The molecule has 9 nitrogen and oxygen atoms in total. The normalized spacial score (nSPS) is 14.1. The number of esters is 2. The van der Waals surface area contributed by atoms with Crippen molar-refractivity contribution in [3.63, 3.8) is 0 Å². The highest BCUT2D eigenvalue weighted by atomic mass is 31.2. The number of carbonyl (C=O) groups is 2. The molecule has 0 aromatic heterocycles. The molecule has 0 fully saturated rings. The number of likely N-dealkylation sites (N-methyl/N-ethyl adjacent to an activating group) is 1. The Morgan fingerprint density at radius 1 is 0.471 bits per heavy atom. The standard InChI is InChI=1S/C58H100NO8P/c1-6-8-10-12-14-15-16-17-18-19-20-21-22-23-24-25-26-27-28-29-30-31-32-33-34-35-36-37-38-39-40-41-42-43-45-47-49-51-58(61)67-56(55-66-68(62,63)65-53-52-59(3,4)5)54-64-57(60)50-48-46-44-13-11-9-7-2/h8,10,14-15,17-18,20-21,23-24,26-27,29-30,32-33,56H,6-7,9,11-13,16,19,22,25,28,31,34-55H2,1-5H3/b10-8-,15-14-,18-17-,21-20-,24-23-,27-26-,30-29-,33-32-. The van der Waals surface area contributed by atoms with Crippen LogP contribution in [0.25, 0.3) is 0 Å². The molecule has 10 heteroatoms. The molecule has 0 saturated carbocycles. The van der Waals surface area contributed by atoms with Crippen LogP contribution in [0.15, 0.2) is 97.2 Å². The van der Waals surface area contributed by atoms with E-state index in [1.54, 1.807) is 0 Å². The van der Waals surface area contributed by atoms with Crippen molar-refractivity contribution in [2.75, 3.05) is 47.5 Å². The lowest BCUT2D eigenvalue weighted by Gasteiger charge is -2.28. The Bertz CT molecular complexity index is 1470. The van der Waals surface area contributed by atoms with Gasteiger partial charge in [0, 0.05) is 12.8 Å². The largest absolute Gasteiger partial charge is 0.756 e. The summed E-state index contributed by atoms with van der Waals surface area (Å²) in [5, 5.41) is 0. The van der Waals surface area contributed by atoms with E-state index in [0.29, 0.717) is 17.4 Å². The van der Waals surface area contributed by atoms with Crippen LogP contribution in [-0.2, 0) is 32.7 Å². The maximum Gasteiger partial charge on any atom is 0.306 e. The van der Waals surface area contributed by atoms with Crippen molar-refractivity contribution in [1.82, 2.24) is 0 Å². The van der Waals surface area contributed by atoms with Crippen LogP contribution in [0, 0.1) is 0 Å². The summed E-state index contributed by atoms with van der Waals surface area (Å²) in [4.78, 5) is 37.5. The number of unbranched alkanes of at least 4 members (excludes halogenated alkanes) is 18. The summed E-state index contributed by atoms with van der Waals surface area (Å²) >= 11 is 0. The molecule has 0 amide bonds. The molecule has 0 spiro atoms. The van der Waals surface area contributed by atoms with E-state index in [-0.39, 0.29) is 26.1 Å². The molecule has 390 valence electrons. The Hall–Kier alpha value is -3.07.